The Morgan fingerprint density at radius 2 is 1.66 bits per heavy atom. The standard InChI is InChI=1S/C28H30N2O4S/c1-28(2,3)20-10-6-18(7-11-20)26(32)29-21-12-8-19(9-13-21)27-30(25(31)17-35-27)23-15-14-22(33-4)16-24(23)34-5/h6-16,27H,17H2,1-5H3,(H,29,32)/t27-/m1/s1. The topological polar surface area (TPSA) is 67.9 Å². The van der Waals surface area contributed by atoms with E-state index in [0.717, 1.165) is 5.56 Å². The van der Waals surface area contributed by atoms with Crippen LogP contribution in [0.3, 0.4) is 0 Å². The molecular weight excluding hydrogens is 460 g/mol. The van der Waals surface area contributed by atoms with Crippen molar-refractivity contribution in [3.63, 3.8) is 0 Å². The number of methoxy groups -OCH3 is 2. The lowest BCUT2D eigenvalue weighted by Gasteiger charge is -2.26. The second kappa shape index (κ2) is 10.0. The van der Waals surface area contributed by atoms with Crippen molar-refractivity contribution in [3.8, 4) is 11.5 Å². The van der Waals surface area contributed by atoms with Crippen LogP contribution in [0.25, 0.3) is 0 Å². The predicted octanol–water partition coefficient (Wildman–Crippen LogP) is 6.03. The smallest absolute Gasteiger partial charge is 0.255 e. The van der Waals surface area contributed by atoms with Gasteiger partial charge in [0.1, 0.15) is 16.9 Å². The summed E-state index contributed by atoms with van der Waals surface area (Å²) in [7, 11) is 3.17. The molecule has 0 unspecified atom stereocenters. The molecule has 0 aromatic heterocycles. The summed E-state index contributed by atoms with van der Waals surface area (Å²) in [4.78, 5) is 27.3. The van der Waals surface area contributed by atoms with Gasteiger partial charge in [0.25, 0.3) is 5.91 Å². The molecule has 1 aliphatic heterocycles. The molecule has 0 bridgehead atoms. The van der Waals surface area contributed by atoms with Gasteiger partial charge < -0.3 is 14.8 Å². The summed E-state index contributed by atoms with van der Waals surface area (Å²) < 4.78 is 10.8. The Kier molecular flexibility index (Phi) is 7.08. The number of hydrogen-bond acceptors (Lipinski definition) is 5. The van der Waals surface area contributed by atoms with Crippen molar-refractivity contribution < 1.29 is 19.1 Å². The number of carbonyl (C=O) groups is 2. The summed E-state index contributed by atoms with van der Waals surface area (Å²) in [6, 6.07) is 20.7. The van der Waals surface area contributed by atoms with E-state index in [1.54, 1.807) is 36.9 Å². The number of anilines is 2. The highest BCUT2D eigenvalue weighted by atomic mass is 32.2. The lowest BCUT2D eigenvalue weighted by molar-refractivity contribution is -0.115. The van der Waals surface area contributed by atoms with Gasteiger partial charge in [-0.25, -0.2) is 0 Å². The van der Waals surface area contributed by atoms with Crippen LogP contribution in [0, 0.1) is 0 Å². The van der Waals surface area contributed by atoms with Gasteiger partial charge in [-0.05, 0) is 52.9 Å². The minimum atomic E-state index is -0.195. The van der Waals surface area contributed by atoms with Crippen molar-refractivity contribution in [2.45, 2.75) is 31.6 Å². The molecule has 1 N–H and O–H groups in total. The Labute approximate surface area is 210 Å². The fraction of sp³-hybridized carbons (Fsp3) is 0.286. The van der Waals surface area contributed by atoms with Gasteiger partial charge in [0, 0.05) is 17.3 Å². The van der Waals surface area contributed by atoms with E-state index in [4.69, 9.17) is 9.47 Å². The van der Waals surface area contributed by atoms with Crippen molar-refractivity contribution in [1.82, 2.24) is 0 Å². The van der Waals surface area contributed by atoms with Crippen LogP contribution in [-0.4, -0.2) is 31.8 Å². The lowest BCUT2D eigenvalue weighted by Crippen LogP contribution is -2.28. The third-order valence-corrected chi connectivity index (χ3v) is 7.19. The molecule has 1 aliphatic rings. The molecule has 2 amide bonds. The Balaban J connectivity index is 1.51. The zero-order valence-electron chi connectivity index (χ0n) is 20.6. The summed E-state index contributed by atoms with van der Waals surface area (Å²) in [5.41, 5.74) is 4.18. The Morgan fingerprint density at radius 1 is 0.971 bits per heavy atom. The van der Waals surface area contributed by atoms with E-state index in [0.29, 0.717) is 34.2 Å². The van der Waals surface area contributed by atoms with E-state index >= 15 is 0 Å². The summed E-state index contributed by atoms with van der Waals surface area (Å²) in [5.74, 6) is 1.47. The maximum atomic E-state index is 12.8. The first-order valence-corrected chi connectivity index (χ1v) is 12.4. The predicted molar refractivity (Wildman–Crippen MR) is 142 cm³/mol. The molecule has 3 aromatic rings. The highest BCUT2D eigenvalue weighted by molar-refractivity contribution is 8.00. The molecule has 1 atom stereocenters. The zero-order valence-corrected chi connectivity index (χ0v) is 21.4. The molecule has 0 saturated carbocycles. The molecular formula is C28H30N2O4S. The second-order valence-corrected chi connectivity index (χ2v) is 10.4. The molecule has 4 rings (SSSR count). The maximum Gasteiger partial charge on any atom is 0.255 e. The van der Waals surface area contributed by atoms with Crippen molar-refractivity contribution in [2.24, 2.45) is 0 Å². The summed E-state index contributed by atoms with van der Waals surface area (Å²) in [6.45, 7) is 6.43. The maximum absolute atomic E-state index is 12.8. The number of carbonyl (C=O) groups excluding carboxylic acids is 2. The third kappa shape index (κ3) is 5.30. The largest absolute Gasteiger partial charge is 0.497 e. The van der Waals surface area contributed by atoms with Crippen molar-refractivity contribution in [1.29, 1.82) is 0 Å². The molecule has 182 valence electrons. The number of rotatable bonds is 6. The minimum absolute atomic E-state index is 0.0135. The molecule has 7 heteroatoms. The first kappa shape index (κ1) is 24.7. The van der Waals surface area contributed by atoms with Crippen LogP contribution in [0.15, 0.2) is 66.7 Å². The first-order valence-electron chi connectivity index (χ1n) is 11.4. The number of hydrogen-bond donors (Lipinski definition) is 1. The fourth-order valence-corrected chi connectivity index (χ4v) is 5.14. The number of amides is 2. The van der Waals surface area contributed by atoms with Gasteiger partial charge in [0.2, 0.25) is 5.91 Å². The molecule has 0 radical (unpaired) electrons. The van der Waals surface area contributed by atoms with Gasteiger partial charge in [-0.2, -0.15) is 0 Å². The van der Waals surface area contributed by atoms with Crippen molar-refractivity contribution in [2.75, 3.05) is 30.2 Å². The zero-order chi connectivity index (χ0) is 25.2. The SMILES string of the molecule is COc1ccc(N2C(=O)CS[C@@H]2c2ccc(NC(=O)c3ccc(C(C)(C)C)cc3)cc2)c(OC)c1. The average molecular weight is 491 g/mol. The van der Waals surface area contributed by atoms with Crippen LogP contribution >= 0.6 is 11.8 Å². The van der Waals surface area contributed by atoms with Crippen LogP contribution in [-0.2, 0) is 10.2 Å². The van der Waals surface area contributed by atoms with Gasteiger partial charge in [0.15, 0.2) is 0 Å². The van der Waals surface area contributed by atoms with Crippen LogP contribution in [0.2, 0.25) is 0 Å². The van der Waals surface area contributed by atoms with Crippen molar-refractivity contribution in [3.05, 3.63) is 83.4 Å². The van der Waals surface area contributed by atoms with Crippen LogP contribution in [0.1, 0.15) is 47.6 Å². The van der Waals surface area contributed by atoms with E-state index in [9.17, 15) is 9.59 Å². The quantitative estimate of drug-likeness (QED) is 0.457. The summed E-state index contributed by atoms with van der Waals surface area (Å²) in [5, 5.41) is 2.76. The monoisotopic (exact) mass is 490 g/mol. The molecule has 1 heterocycles. The van der Waals surface area contributed by atoms with Gasteiger partial charge in [0.05, 0.1) is 25.7 Å². The first-order chi connectivity index (χ1) is 16.7. The van der Waals surface area contributed by atoms with E-state index in [-0.39, 0.29) is 22.6 Å². The Hall–Kier alpha value is -3.45. The molecule has 0 spiro atoms. The highest BCUT2D eigenvalue weighted by Gasteiger charge is 2.35. The van der Waals surface area contributed by atoms with Crippen LogP contribution in [0.5, 0.6) is 11.5 Å². The molecule has 0 aliphatic carbocycles. The van der Waals surface area contributed by atoms with Crippen LogP contribution in [0.4, 0.5) is 11.4 Å². The van der Waals surface area contributed by atoms with E-state index in [1.165, 1.54) is 5.56 Å². The molecule has 3 aromatic carbocycles. The van der Waals surface area contributed by atoms with Crippen molar-refractivity contribution >= 4 is 35.0 Å². The normalized spacial score (nSPS) is 15.7. The van der Waals surface area contributed by atoms with Crippen LogP contribution < -0.4 is 19.7 Å². The fourth-order valence-electron chi connectivity index (χ4n) is 3.97. The summed E-state index contributed by atoms with van der Waals surface area (Å²) >= 11 is 1.56. The molecule has 6 nitrogen and oxygen atoms in total. The Bertz CT molecular complexity index is 1220. The van der Waals surface area contributed by atoms with Gasteiger partial charge in [-0.1, -0.05) is 45.0 Å². The number of nitrogens with one attached hydrogen (secondary N) is 1. The number of thioether (sulfide) groups is 1. The second-order valence-electron chi connectivity index (χ2n) is 9.37. The van der Waals surface area contributed by atoms with Gasteiger partial charge in [-0.15, -0.1) is 11.8 Å². The Morgan fingerprint density at radius 3 is 2.26 bits per heavy atom. The highest BCUT2D eigenvalue weighted by Crippen LogP contribution is 2.45. The molecule has 1 fully saturated rings. The average Bonchev–Trinajstić information content (AvgIpc) is 3.24. The number of nitrogens with zero attached hydrogens (tertiary/aromatic N) is 1. The van der Waals surface area contributed by atoms with Gasteiger partial charge in [-0.3, -0.25) is 14.5 Å². The summed E-state index contributed by atoms with van der Waals surface area (Å²) in [6.07, 6.45) is 0. The molecule has 1 saturated heterocycles. The van der Waals surface area contributed by atoms with E-state index in [2.05, 4.69) is 26.1 Å². The third-order valence-electron chi connectivity index (χ3n) is 5.98. The van der Waals surface area contributed by atoms with Gasteiger partial charge >= 0.3 is 0 Å². The van der Waals surface area contributed by atoms with E-state index < -0.39 is 0 Å². The number of benzene rings is 3. The number of ether oxygens (including phenoxy) is 2. The minimum Gasteiger partial charge on any atom is -0.497 e. The van der Waals surface area contributed by atoms with E-state index in [1.807, 2.05) is 60.7 Å². The lowest BCUT2D eigenvalue weighted by atomic mass is 9.87. The molecule has 35 heavy (non-hydrogen) atoms.